The van der Waals surface area contributed by atoms with E-state index in [1.165, 1.54) is 5.56 Å². The summed E-state index contributed by atoms with van der Waals surface area (Å²) in [5, 5.41) is 0. The van der Waals surface area contributed by atoms with E-state index >= 15 is 0 Å². The maximum Gasteiger partial charge on any atom is 2.00 e. The van der Waals surface area contributed by atoms with Gasteiger partial charge in [0.2, 0.25) is 0 Å². The van der Waals surface area contributed by atoms with Gasteiger partial charge >= 0.3 is 31.1 Å². The van der Waals surface area contributed by atoms with Gasteiger partial charge in [-0.05, 0) is 0 Å². The molecule has 0 heterocycles. The van der Waals surface area contributed by atoms with Crippen LogP contribution < -0.4 is 0 Å². The maximum atomic E-state index is 9.58. The van der Waals surface area contributed by atoms with Crippen LogP contribution in [0, 0.1) is 43.9 Å². The molecule has 0 N–H and O–H groups in total. The van der Waals surface area contributed by atoms with E-state index in [0.717, 1.165) is 0 Å². The van der Waals surface area contributed by atoms with E-state index < -0.39 is 6.68 Å². The summed E-state index contributed by atoms with van der Waals surface area (Å²) in [5.41, 5.74) is 1.36. The first kappa shape index (κ1) is 16.5. The molecule has 0 aliphatic rings. The molecule has 1 aromatic carbocycles. The predicted octanol–water partition coefficient (Wildman–Crippen LogP) is 3.95. The van der Waals surface area contributed by atoms with Gasteiger partial charge in [-0.15, -0.1) is 0 Å². The van der Waals surface area contributed by atoms with Gasteiger partial charge in [0.25, 0.3) is 0 Å². The smallest absolute Gasteiger partial charge is 0.385 e. The number of rotatable bonds is 1. The van der Waals surface area contributed by atoms with Crippen molar-refractivity contribution in [3.8, 4) is 0 Å². The second-order valence-corrected chi connectivity index (χ2v) is 2.71. The Bertz CT molecular complexity index is 209. The molecule has 0 aliphatic heterocycles. The maximum absolute atomic E-state index is 9.58. The van der Waals surface area contributed by atoms with E-state index in [9.17, 15) is 13.2 Å². The van der Waals surface area contributed by atoms with Gasteiger partial charge in [-0.3, -0.25) is 0 Å². The molecule has 0 unspecified atom stereocenters. The van der Waals surface area contributed by atoms with Crippen molar-refractivity contribution in [1.29, 1.82) is 0 Å². The fourth-order valence-electron chi connectivity index (χ4n) is 0.766. The zero-order chi connectivity index (χ0) is 10.3. The summed E-state index contributed by atoms with van der Waals surface area (Å²) in [6.45, 7) is 1.28. The number of benzene rings is 1. The fourth-order valence-corrected chi connectivity index (χ4v) is 0.766. The summed E-state index contributed by atoms with van der Waals surface area (Å²) >= 11 is 0. The van der Waals surface area contributed by atoms with Crippen LogP contribution in [-0.2, 0) is 0 Å². The van der Waals surface area contributed by atoms with E-state index in [-0.39, 0.29) is 31.1 Å². The largest absolute Gasteiger partial charge is 2.00 e. The second kappa shape index (κ2) is 9.61. The molecule has 14 heavy (non-hydrogen) atoms. The van der Waals surface area contributed by atoms with Crippen molar-refractivity contribution in [2.75, 3.05) is 0 Å². The summed E-state index contributed by atoms with van der Waals surface area (Å²) in [6.07, 6.45) is 0. The van der Waals surface area contributed by atoms with Crippen LogP contribution in [0.2, 0.25) is 0 Å². The Balaban J connectivity index is 0. The summed E-state index contributed by atoms with van der Waals surface area (Å²) in [4.78, 5) is 0. The molecule has 0 radical (unpaired) electrons. The molecule has 1 rings (SSSR count). The SMILES string of the molecule is CC(C)c1c[c-]ccc1.F[C-](F)F.[U+2]. The van der Waals surface area contributed by atoms with Gasteiger partial charge in [0, 0.05) is 0 Å². The summed E-state index contributed by atoms with van der Waals surface area (Å²) < 4.78 is 28.8. The zero-order valence-electron chi connectivity index (χ0n) is 8.02. The van der Waals surface area contributed by atoms with Crippen molar-refractivity contribution in [1.82, 2.24) is 0 Å². The molecule has 76 valence electrons. The van der Waals surface area contributed by atoms with Crippen LogP contribution in [0.15, 0.2) is 24.3 Å². The summed E-state index contributed by atoms with van der Waals surface area (Å²) in [5.74, 6) is 0.627. The van der Waals surface area contributed by atoms with E-state index in [4.69, 9.17) is 0 Å². The zero-order valence-corrected chi connectivity index (χ0v) is 12.2. The van der Waals surface area contributed by atoms with E-state index in [0.29, 0.717) is 5.92 Å². The molecule has 0 aliphatic carbocycles. The molecule has 1 aromatic rings. The van der Waals surface area contributed by atoms with Crippen molar-refractivity contribution >= 4 is 0 Å². The van der Waals surface area contributed by atoms with E-state index in [2.05, 4.69) is 26.0 Å². The Morgan fingerprint density at radius 1 is 1.29 bits per heavy atom. The van der Waals surface area contributed by atoms with Crippen LogP contribution in [0.1, 0.15) is 25.3 Å². The van der Waals surface area contributed by atoms with Gasteiger partial charge in [-0.1, -0.05) is 19.8 Å². The molecule has 4 heteroatoms. The first-order chi connectivity index (χ1) is 6.04. The van der Waals surface area contributed by atoms with Crippen molar-refractivity contribution in [3.63, 3.8) is 0 Å². The molecular weight excluding hydrogens is 415 g/mol. The minimum absolute atomic E-state index is 0. The third kappa shape index (κ3) is 10.1. The molecule has 0 saturated carbocycles. The van der Waals surface area contributed by atoms with Crippen LogP contribution in [0.5, 0.6) is 0 Å². The normalized spacial score (nSPS) is 9.07. The molecule has 0 amide bonds. The minimum atomic E-state index is -3.08. The second-order valence-electron chi connectivity index (χ2n) is 2.71. The molecule has 0 atom stereocenters. The van der Waals surface area contributed by atoms with Gasteiger partial charge in [0.15, 0.2) is 6.68 Å². The van der Waals surface area contributed by atoms with Gasteiger partial charge < -0.3 is 13.2 Å². The van der Waals surface area contributed by atoms with Gasteiger partial charge in [-0.2, -0.15) is 35.9 Å². The Labute approximate surface area is 106 Å². The van der Waals surface area contributed by atoms with Crippen LogP contribution in [0.3, 0.4) is 0 Å². The van der Waals surface area contributed by atoms with Crippen molar-refractivity contribution in [3.05, 3.63) is 42.6 Å². The molecule has 0 bridgehead atoms. The molecule has 0 saturated heterocycles. The number of hydrogen-bond acceptors (Lipinski definition) is 0. The first-order valence-corrected chi connectivity index (χ1v) is 3.83. The topological polar surface area (TPSA) is 0 Å². The van der Waals surface area contributed by atoms with Crippen LogP contribution in [0.4, 0.5) is 13.2 Å². The van der Waals surface area contributed by atoms with E-state index in [1.54, 1.807) is 0 Å². The Hall–Kier alpha value is 0.0619. The summed E-state index contributed by atoms with van der Waals surface area (Å²) in [6, 6.07) is 11.1. The van der Waals surface area contributed by atoms with Crippen LogP contribution in [0.25, 0.3) is 0 Å². The monoisotopic (exact) mass is 426 g/mol. The van der Waals surface area contributed by atoms with Gasteiger partial charge in [-0.25, -0.2) is 0 Å². The van der Waals surface area contributed by atoms with Crippen molar-refractivity contribution in [2.45, 2.75) is 19.8 Å². The quantitative estimate of drug-likeness (QED) is 0.597. The first-order valence-electron chi connectivity index (χ1n) is 3.83. The Kier molecular flexibility index (Phi) is 11.3. The Morgan fingerprint density at radius 2 is 1.79 bits per heavy atom. The van der Waals surface area contributed by atoms with Gasteiger partial charge in [0.1, 0.15) is 0 Å². The molecule has 0 fully saturated rings. The standard InChI is InChI=1S/C9H11.CF3.U/c1-8(2)9-6-4-3-5-7-9;2-1(3)4;/h3-4,6-8H,1-2H3;;/q2*-1;+2. The average molecular weight is 426 g/mol. The van der Waals surface area contributed by atoms with Crippen LogP contribution >= 0.6 is 0 Å². The third-order valence-corrected chi connectivity index (χ3v) is 1.40. The van der Waals surface area contributed by atoms with Crippen molar-refractivity contribution in [2.24, 2.45) is 0 Å². The number of hydrogen-bond donors (Lipinski definition) is 0. The Morgan fingerprint density at radius 3 is 2.00 bits per heavy atom. The molecule has 0 nitrogen and oxygen atoms in total. The molecular formula is C10H11F3U. The minimum Gasteiger partial charge on any atom is -0.385 e. The van der Waals surface area contributed by atoms with Crippen LogP contribution in [-0.4, -0.2) is 0 Å². The molecule has 0 aromatic heterocycles. The third-order valence-electron chi connectivity index (χ3n) is 1.40. The fraction of sp³-hybridized carbons (Fsp3) is 0.300. The van der Waals surface area contributed by atoms with Gasteiger partial charge in [0.05, 0.1) is 0 Å². The van der Waals surface area contributed by atoms with E-state index in [1.807, 2.05) is 18.2 Å². The summed E-state index contributed by atoms with van der Waals surface area (Å²) in [7, 11) is 0. The predicted molar refractivity (Wildman–Crippen MR) is 45.9 cm³/mol. The average Bonchev–Trinajstić information content (AvgIpc) is 2.05. The molecule has 0 spiro atoms. The number of halogens is 3. The van der Waals surface area contributed by atoms with Crippen molar-refractivity contribution < 1.29 is 44.3 Å².